The normalized spacial score (nSPS) is 25.8. The van der Waals surface area contributed by atoms with Gasteiger partial charge in [-0.2, -0.15) is 11.8 Å². The number of nitrogens with one attached hydrogen (secondary N) is 6. The van der Waals surface area contributed by atoms with Crippen LogP contribution in [0.2, 0.25) is 0 Å². The molecule has 2 aromatic rings. The highest BCUT2D eigenvalue weighted by Crippen LogP contribution is 2.39. The first-order valence-electron chi connectivity index (χ1n) is 33.0. The lowest BCUT2D eigenvalue weighted by Crippen LogP contribution is -2.60. The monoisotopic (exact) mass is 1400 g/mol. The van der Waals surface area contributed by atoms with E-state index in [0.717, 1.165) is 4.90 Å². The van der Waals surface area contributed by atoms with Crippen LogP contribution in [0.25, 0.3) is 10.9 Å². The van der Waals surface area contributed by atoms with E-state index in [1.54, 1.807) is 49.6 Å². The minimum absolute atomic E-state index is 0.0357. The van der Waals surface area contributed by atoms with E-state index in [4.69, 9.17) is 29.4 Å². The van der Waals surface area contributed by atoms with Crippen LogP contribution in [-0.2, 0) is 99.5 Å². The van der Waals surface area contributed by atoms with E-state index >= 15 is 9.00 Å². The van der Waals surface area contributed by atoms with Gasteiger partial charge < -0.3 is 86.1 Å². The van der Waals surface area contributed by atoms with Gasteiger partial charge in [-0.15, -0.1) is 0 Å². The Kier molecular flexibility index (Phi) is 29.7. The zero-order valence-electron chi connectivity index (χ0n) is 55.6. The Balaban J connectivity index is 1.11. The topological polar surface area (TPSA) is 440 Å². The minimum Gasteiger partial charge on any atom is -0.496 e. The van der Waals surface area contributed by atoms with E-state index in [0.29, 0.717) is 81.0 Å². The Hall–Kier alpha value is -6.98. The van der Waals surface area contributed by atoms with Crippen LogP contribution in [0.5, 0.6) is 5.75 Å². The van der Waals surface area contributed by atoms with Gasteiger partial charge in [-0.1, -0.05) is 34.1 Å². The third kappa shape index (κ3) is 21.3. The summed E-state index contributed by atoms with van der Waals surface area (Å²) in [6.07, 6.45) is -3.78. The maximum Gasteiger partial charge on any atom is 0.246 e. The molecule has 5 aliphatic rings. The number of H-pyrrole nitrogens is 1. The summed E-state index contributed by atoms with van der Waals surface area (Å²) >= 11 is 1.57. The third-order valence-electron chi connectivity index (χ3n) is 18.4. The van der Waals surface area contributed by atoms with Crippen molar-refractivity contribution in [1.82, 2.24) is 46.3 Å². The van der Waals surface area contributed by atoms with Crippen LogP contribution in [0.4, 0.5) is 0 Å². The SMILES string of the molecule is CC[C@H](C)[C@@H]1CC(=O)CNC(=O)[C@H]2CC(=O)[C@H]([C@@H](C)[C@@H](O)CO)NC(=O)[C@@H]3C[C@@H](O)CN3C(=O)[C@H](CC(N)=O)NC(=O)[C@H](CS(=O)c3[nH]c4c(CSC5CCN(C(=O)CCOCCOCCOCCOCCN6C(=O)CC(C)C6=O)CC5)c(OC)ccc4c3C2)NC(=O)CNC1=O. The molecule has 3 saturated heterocycles. The highest BCUT2D eigenvalue weighted by atomic mass is 32.2. The molecule has 538 valence electrons. The van der Waals surface area contributed by atoms with Gasteiger partial charge in [-0.3, -0.25) is 66.6 Å². The molecule has 12 atom stereocenters. The fourth-order valence-electron chi connectivity index (χ4n) is 12.5. The molecule has 0 aliphatic carbocycles. The van der Waals surface area contributed by atoms with Crippen molar-refractivity contribution < 1.29 is 101 Å². The van der Waals surface area contributed by atoms with Gasteiger partial charge in [0.05, 0.1) is 139 Å². The van der Waals surface area contributed by atoms with Crippen LogP contribution in [-0.4, -0.2) is 263 Å². The fourth-order valence-corrected chi connectivity index (χ4v) is 15.1. The average Bonchev–Trinajstić information content (AvgIpc) is 1.62. The number of carbonyl (C=O) groups excluding carboxylic acids is 12. The first kappa shape index (κ1) is 77.4. The Labute approximate surface area is 568 Å². The molecule has 1 aromatic carbocycles. The number of amides is 10. The maximum absolute atomic E-state index is 15.5. The molecule has 6 heterocycles. The van der Waals surface area contributed by atoms with Crippen LogP contribution in [0.15, 0.2) is 17.2 Å². The summed E-state index contributed by atoms with van der Waals surface area (Å²) in [5.41, 5.74) is 6.76. The van der Waals surface area contributed by atoms with Crippen LogP contribution < -0.4 is 37.1 Å². The van der Waals surface area contributed by atoms with Gasteiger partial charge in [0.2, 0.25) is 59.1 Å². The number of carbonyl (C=O) groups is 12. The molecule has 1 aromatic heterocycles. The quantitative estimate of drug-likeness (QED) is 0.0348. The number of aliphatic hydroxyl groups excluding tert-OH is 3. The van der Waals surface area contributed by atoms with E-state index in [2.05, 4.69) is 31.6 Å². The average molecular weight is 1400 g/mol. The van der Waals surface area contributed by atoms with E-state index < -0.39 is 181 Å². The molecule has 2 bridgehead atoms. The highest BCUT2D eigenvalue weighted by Gasteiger charge is 2.46. The molecule has 11 N–H and O–H groups in total. The van der Waals surface area contributed by atoms with E-state index in [9.17, 15) is 68.1 Å². The second kappa shape index (κ2) is 37.3. The zero-order valence-corrected chi connectivity index (χ0v) is 57.2. The number of piperidine rings is 1. The summed E-state index contributed by atoms with van der Waals surface area (Å²) in [7, 11) is -0.965. The second-order valence-corrected chi connectivity index (χ2v) is 28.0. The number of primary amides is 1. The molecule has 10 amide bonds. The van der Waals surface area contributed by atoms with E-state index in [-0.39, 0.29) is 97.5 Å². The lowest BCUT2D eigenvalue weighted by Gasteiger charge is -2.32. The Morgan fingerprint density at radius 2 is 1.46 bits per heavy atom. The second-order valence-electron chi connectivity index (χ2n) is 25.3. The van der Waals surface area contributed by atoms with E-state index in [1.807, 2.05) is 0 Å². The van der Waals surface area contributed by atoms with Gasteiger partial charge >= 0.3 is 0 Å². The first-order valence-corrected chi connectivity index (χ1v) is 35.4. The number of rotatable bonds is 26. The molecular formula is C64H94N10O21S2. The molecule has 97 heavy (non-hydrogen) atoms. The van der Waals surface area contributed by atoms with Gasteiger partial charge in [0.15, 0.2) is 11.6 Å². The van der Waals surface area contributed by atoms with Crippen molar-refractivity contribution >= 4 is 104 Å². The summed E-state index contributed by atoms with van der Waals surface area (Å²) in [5, 5.41) is 45.1. The van der Waals surface area contributed by atoms with Crippen LogP contribution in [0, 0.1) is 29.6 Å². The molecule has 0 saturated carbocycles. The number of ketones is 2. The number of imide groups is 1. The smallest absolute Gasteiger partial charge is 0.246 e. The van der Waals surface area contributed by atoms with Gasteiger partial charge in [-0.25, -0.2) is 0 Å². The van der Waals surface area contributed by atoms with Gasteiger partial charge in [0.1, 0.15) is 28.9 Å². The van der Waals surface area contributed by atoms with Crippen molar-refractivity contribution in [2.75, 3.05) is 112 Å². The number of hydrogen-bond acceptors (Lipinski definition) is 22. The number of Topliss-reactive ketones (excluding diaryl/α,β-unsaturated/α-hetero) is 2. The molecule has 7 rings (SSSR count). The van der Waals surface area contributed by atoms with Crippen LogP contribution in [0.3, 0.4) is 0 Å². The summed E-state index contributed by atoms with van der Waals surface area (Å²) < 4.78 is 43.6. The van der Waals surface area contributed by atoms with Crippen LogP contribution in [0.1, 0.15) is 96.6 Å². The number of aliphatic hydroxyl groups is 3. The number of hydrogen-bond donors (Lipinski definition) is 10. The number of likely N-dealkylation sites (tertiary alicyclic amines) is 2. The number of thioether (sulfide) groups is 1. The van der Waals surface area contributed by atoms with Crippen molar-refractivity contribution in [2.45, 2.75) is 144 Å². The predicted molar refractivity (Wildman–Crippen MR) is 349 cm³/mol. The molecule has 31 nitrogen and oxygen atoms in total. The highest BCUT2D eigenvalue weighted by molar-refractivity contribution is 7.99. The summed E-state index contributed by atoms with van der Waals surface area (Å²) in [4.78, 5) is 173. The van der Waals surface area contributed by atoms with Crippen molar-refractivity contribution in [3.63, 3.8) is 0 Å². The van der Waals surface area contributed by atoms with Crippen LogP contribution >= 0.6 is 11.8 Å². The first-order chi connectivity index (χ1) is 46.3. The standard InChI is InChI=1S/C64H94N10O21S2/c1-6-35(2)43-26-39(76)29-66-58(84)38-24-44-42-7-8-51(91-5)45(33-96-41-9-12-72(13-10-41)54(82)11-15-92-17-19-94-21-22-95-20-18-93-16-14-73-55(83)23-36(3)63(73)88)57(42)71-62(44)97(90)34-47(68-53(81)30-67-59(43)85)60(86)69-46(28-52(65)80)64(89)74-31-40(77)27-48(74)61(87)70-56(49(78)25-38)37(4)50(79)32-75/h7-8,35-38,40-41,43,46-48,50,56,71,75,77,79H,6,9-34H2,1-5H3,(H2,65,80)(H,66,84)(H,67,85)(H,68,81)(H,69,86)(H,70,87)/t35-,36?,37-,38+,40+,43-,46-,47-,48-,50-,56-,97?/m0/s1. The fraction of sp³-hybridized carbons (Fsp3) is 0.688. The Morgan fingerprint density at radius 3 is 2.09 bits per heavy atom. The molecule has 3 fully saturated rings. The van der Waals surface area contributed by atoms with Crippen molar-refractivity contribution in [1.29, 1.82) is 0 Å². The number of aromatic amines is 1. The Bertz CT molecular complexity index is 3200. The van der Waals surface area contributed by atoms with Gasteiger partial charge in [-0.05, 0) is 42.9 Å². The number of fused-ring (bicyclic) bond motifs is 5. The summed E-state index contributed by atoms with van der Waals surface area (Å²) in [6.45, 7) is 7.17. The van der Waals surface area contributed by atoms with Gasteiger partial charge in [0, 0.05) is 90.9 Å². The molecule has 0 spiro atoms. The number of methoxy groups -OCH3 is 1. The molecular weight excluding hydrogens is 1310 g/mol. The number of nitrogens with zero attached hydrogens (tertiary/aromatic N) is 3. The number of nitrogens with two attached hydrogens (primary N) is 1. The molecule has 0 radical (unpaired) electrons. The lowest BCUT2D eigenvalue weighted by molar-refractivity contribution is -0.144. The largest absolute Gasteiger partial charge is 0.496 e. The minimum atomic E-state index is -2.42. The van der Waals surface area contributed by atoms with Crippen molar-refractivity contribution in [2.24, 2.45) is 35.3 Å². The number of ether oxygens (including phenoxy) is 5. The molecule has 2 unspecified atom stereocenters. The lowest BCUT2D eigenvalue weighted by atomic mass is 9.85. The van der Waals surface area contributed by atoms with Crippen molar-refractivity contribution in [3.8, 4) is 5.75 Å². The zero-order chi connectivity index (χ0) is 70.6. The number of aromatic nitrogens is 1. The molecule has 33 heteroatoms. The van der Waals surface area contributed by atoms with Gasteiger partial charge in [0.25, 0.3) is 0 Å². The van der Waals surface area contributed by atoms with Crippen molar-refractivity contribution in [3.05, 3.63) is 23.3 Å². The Morgan fingerprint density at radius 1 is 0.804 bits per heavy atom. The third-order valence-corrected chi connectivity index (χ3v) is 21.2. The molecule has 5 aliphatic heterocycles. The predicted octanol–water partition coefficient (Wildman–Crippen LogP) is -2.36. The maximum atomic E-state index is 15.5. The number of benzene rings is 1. The van der Waals surface area contributed by atoms with E-state index in [1.165, 1.54) is 18.9 Å². The summed E-state index contributed by atoms with van der Waals surface area (Å²) in [5.74, 6) is -13.4. The summed E-state index contributed by atoms with van der Waals surface area (Å²) in [6, 6.07) is -3.66.